The standard InChI is InChI=1S/C11H15NO2S/c1-8(2)15-7-9(13)11-10(14-3)5-4-6-12-11/h4-6,8H,7H2,1-3H3. The third-order valence-electron chi connectivity index (χ3n) is 1.80. The van der Waals surface area contributed by atoms with Crippen molar-refractivity contribution in [1.82, 2.24) is 4.98 Å². The number of hydrogen-bond acceptors (Lipinski definition) is 4. The van der Waals surface area contributed by atoms with E-state index in [4.69, 9.17) is 4.74 Å². The van der Waals surface area contributed by atoms with Gasteiger partial charge in [-0.05, 0) is 17.4 Å². The minimum absolute atomic E-state index is 0.0196. The zero-order valence-corrected chi connectivity index (χ0v) is 10.0. The molecular weight excluding hydrogens is 210 g/mol. The van der Waals surface area contributed by atoms with Crippen LogP contribution in [-0.2, 0) is 0 Å². The predicted octanol–water partition coefficient (Wildman–Crippen LogP) is 2.41. The molecule has 0 spiro atoms. The molecule has 1 aromatic rings. The van der Waals surface area contributed by atoms with E-state index in [9.17, 15) is 4.79 Å². The van der Waals surface area contributed by atoms with Crippen LogP contribution in [0, 0.1) is 0 Å². The number of hydrogen-bond donors (Lipinski definition) is 0. The van der Waals surface area contributed by atoms with Gasteiger partial charge in [-0.15, -0.1) is 0 Å². The average molecular weight is 225 g/mol. The largest absolute Gasteiger partial charge is 0.494 e. The Morgan fingerprint density at radius 1 is 1.60 bits per heavy atom. The van der Waals surface area contributed by atoms with Gasteiger partial charge in [-0.1, -0.05) is 13.8 Å². The van der Waals surface area contributed by atoms with Gasteiger partial charge in [0.2, 0.25) is 0 Å². The van der Waals surface area contributed by atoms with Crippen molar-refractivity contribution in [2.24, 2.45) is 0 Å². The predicted molar refractivity (Wildman–Crippen MR) is 62.7 cm³/mol. The maximum absolute atomic E-state index is 11.8. The third kappa shape index (κ3) is 3.55. The molecule has 0 saturated heterocycles. The van der Waals surface area contributed by atoms with E-state index in [2.05, 4.69) is 18.8 Å². The first-order chi connectivity index (χ1) is 7.15. The molecule has 0 radical (unpaired) electrons. The highest BCUT2D eigenvalue weighted by Gasteiger charge is 2.13. The zero-order chi connectivity index (χ0) is 11.3. The lowest BCUT2D eigenvalue weighted by atomic mass is 10.2. The minimum Gasteiger partial charge on any atom is -0.494 e. The number of nitrogens with zero attached hydrogens (tertiary/aromatic N) is 1. The van der Waals surface area contributed by atoms with Crippen molar-refractivity contribution in [2.45, 2.75) is 19.1 Å². The molecule has 0 aliphatic heterocycles. The quantitative estimate of drug-likeness (QED) is 0.721. The minimum atomic E-state index is 0.0196. The lowest BCUT2D eigenvalue weighted by Gasteiger charge is -2.06. The van der Waals surface area contributed by atoms with Crippen LogP contribution in [-0.4, -0.2) is 28.9 Å². The average Bonchev–Trinajstić information content (AvgIpc) is 2.25. The molecule has 0 atom stereocenters. The molecule has 0 fully saturated rings. The number of thioether (sulfide) groups is 1. The number of methoxy groups -OCH3 is 1. The van der Waals surface area contributed by atoms with Gasteiger partial charge in [0, 0.05) is 6.20 Å². The van der Waals surface area contributed by atoms with Crippen LogP contribution in [0.5, 0.6) is 5.75 Å². The second-order valence-electron chi connectivity index (χ2n) is 3.34. The Morgan fingerprint density at radius 3 is 2.93 bits per heavy atom. The van der Waals surface area contributed by atoms with E-state index in [1.165, 1.54) is 0 Å². The summed E-state index contributed by atoms with van der Waals surface area (Å²) < 4.78 is 5.08. The van der Waals surface area contributed by atoms with E-state index in [0.717, 1.165) is 0 Å². The fourth-order valence-corrected chi connectivity index (χ4v) is 1.70. The van der Waals surface area contributed by atoms with Crippen molar-refractivity contribution in [3.8, 4) is 5.75 Å². The van der Waals surface area contributed by atoms with E-state index in [-0.39, 0.29) is 5.78 Å². The van der Waals surface area contributed by atoms with E-state index >= 15 is 0 Å². The van der Waals surface area contributed by atoms with Crippen LogP contribution < -0.4 is 4.74 Å². The first kappa shape index (κ1) is 12.0. The van der Waals surface area contributed by atoms with Crippen LogP contribution in [0.4, 0.5) is 0 Å². The molecule has 0 N–H and O–H groups in total. The molecule has 1 aromatic heterocycles. The molecule has 0 unspecified atom stereocenters. The number of ether oxygens (including phenoxy) is 1. The van der Waals surface area contributed by atoms with Crippen molar-refractivity contribution in [2.75, 3.05) is 12.9 Å². The topological polar surface area (TPSA) is 39.2 Å². The van der Waals surface area contributed by atoms with Gasteiger partial charge in [-0.3, -0.25) is 4.79 Å². The van der Waals surface area contributed by atoms with Crippen molar-refractivity contribution in [3.63, 3.8) is 0 Å². The number of aromatic nitrogens is 1. The molecule has 1 heterocycles. The number of Topliss-reactive ketones (excluding diaryl/α,β-unsaturated/α-hetero) is 1. The van der Waals surface area contributed by atoms with Crippen LogP contribution in [0.3, 0.4) is 0 Å². The summed E-state index contributed by atoms with van der Waals surface area (Å²) in [4.78, 5) is 15.8. The van der Waals surface area contributed by atoms with Gasteiger partial charge in [0.05, 0.1) is 12.9 Å². The maximum atomic E-state index is 11.8. The molecule has 0 aliphatic carbocycles. The number of carbonyl (C=O) groups excluding carboxylic acids is 1. The lowest BCUT2D eigenvalue weighted by molar-refractivity contribution is 0.101. The van der Waals surface area contributed by atoms with Crippen LogP contribution in [0.2, 0.25) is 0 Å². The molecular formula is C11H15NO2S. The molecule has 82 valence electrons. The normalized spacial score (nSPS) is 10.4. The number of ketones is 1. The summed E-state index contributed by atoms with van der Waals surface area (Å²) in [5, 5.41) is 0.448. The van der Waals surface area contributed by atoms with Crippen LogP contribution in [0.25, 0.3) is 0 Å². The van der Waals surface area contributed by atoms with Crippen molar-refractivity contribution >= 4 is 17.5 Å². The molecule has 15 heavy (non-hydrogen) atoms. The van der Waals surface area contributed by atoms with Gasteiger partial charge in [0.25, 0.3) is 0 Å². The Hall–Kier alpha value is -1.03. The molecule has 4 heteroatoms. The Morgan fingerprint density at radius 2 is 2.33 bits per heavy atom. The first-order valence-electron chi connectivity index (χ1n) is 4.79. The molecule has 0 aliphatic rings. The van der Waals surface area contributed by atoms with Crippen molar-refractivity contribution < 1.29 is 9.53 Å². The smallest absolute Gasteiger partial charge is 0.194 e. The highest BCUT2D eigenvalue weighted by Crippen LogP contribution is 2.18. The summed E-state index contributed by atoms with van der Waals surface area (Å²) in [5.74, 6) is 1.02. The molecule has 0 saturated carbocycles. The van der Waals surface area contributed by atoms with E-state index in [0.29, 0.717) is 22.4 Å². The second kappa shape index (κ2) is 5.75. The van der Waals surface area contributed by atoms with Gasteiger partial charge in [0.15, 0.2) is 5.78 Å². The number of pyridine rings is 1. The Kier molecular flexibility index (Phi) is 4.62. The van der Waals surface area contributed by atoms with E-state index < -0.39 is 0 Å². The molecule has 0 aromatic carbocycles. The Labute approximate surface area is 94.2 Å². The SMILES string of the molecule is COc1cccnc1C(=O)CSC(C)C. The molecule has 0 bridgehead atoms. The third-order valence-corrected chi connectivity index (χ3v) is 2.90. The van der Waals surface area contributed by atoms with Gasteiger partial charge in [-0.2, -0.15) is 11.8 Å². The fourth-order valence-electron chi connectivity index (χ4n) is 1.08. The summed E-state index contributed by atoms with van der Waals surface area (Å²) in [5.41, 5.74) is 0.424. The van der Waals surface area contributed by atoms with E-state index in [1.807, 2.05) is 0 Å². The van der Waals surface area contributed by atoms with Crippen molar-refractivity contribution in [3.05, 3.63) is 24.0 Å². The van der Waals surface area contributed by atoms with E-state index in [1.54, 1.807) is 37.2 Å². The summed E-state index contributed by atoms with van der Waals surface area (Å²) in [6.45, 7) is 4.13. The monoisotopic (exact) mass is 225 g/mol. The highest BCUT2D eigenvalue weighted by molar-refractivity contribution is 8.00. The fraction of sp³-hybridized carbons (Fsp3) is 0.455. The van der Waals surface area contributed by atoms with Gasteiger partial charge in [-0.25, -0.2) is 4.98 Å². The van der Waals surface area contributed by atoms with Crippen LogP contribution in [0.1, 0.15) is 24.3 Å². The van der Waals surface area contributed by atoms with Crippen LogP contribution >= 0.6 is 11.8 Å². The maximum Gasteiger partial charge on any atom is 0.194 e. The van der Waals surface area contributed by atoms with Crippen LogP contribution in [0.15, 0.2) is 18.3 Å². The molecule has 1 rings (SSSR count). The summed E-state index contributed by atoms with van der Waals surface area (Å²) in [7, 11) is 1.55. The van der Waals surface area contributed by atoms with Gasteiger partial charge < -0.3 is 4.74 Å². The van der Waals surface area contributed by atoms with Gasteiger partial charge in [0.1, 0.15) is 11.4 Å². The highest BCUT2D eigenvalue weighted by atomic mass is 32.2. The zero-order valence-electron chi connectivity index (χ0n) is 9.19. The lowest BCUT2D eigenvalue weighted by Crippen LogP contribution is -2.08. The number of rotatable bonds is 5. The first-order valence-corrected chi connectivity index (χ1v) is 5.84. The molecule has 3 nitrogen and oxygen atoms in total. The Bertz CT molecular complexity index is 339. The Balaban J connectivity index is 2.72. The van der Waals surface area contributed by atoms with Crippen molar-refractivity contribution in [1.29, 1.82) is 0 Å². The summed E-state index contributed by atoms with van der Waals surface area (Å²) in [6.07, 6.45) is 1.61. The summed E-state index contributed by atoms with van der Waals surface area (Å²) >= 11 is 1.61. The van der Waals surface area contributed by atoms with Gasteiger partial charge >= 0.3 is 0 Å². The number of carbonyl (C=O) groups is 1. The summed E-state index contributed by atoms with van der Waals surface area (Å²) in [6, 6.07) is 3.51. The molecule has 0 amide bonds. The second-order valence-corrected chi connectivity index (χ2v) is 4.90.